The molecule has 0 spiro atoms. The number of thiophene rings is 1. The van der Waals surface area contributed by atoms with Crippen molar-refractivity contribution in [2.75, 3.05) is 0 Å². The maximum Gasteiger partial charge on any atom is 1.00 e. The Bertz CT molecular complexity index is 990. The fraction of sp³-hybridized carbons (Fsp3) is 0. The van der Waals surface area contributed by atoms with Crippen LogP contribution in [0.1, 0.15) is 0 Å². The third kappa shape index (κ3) is 2.63. The summed E-state index contributed by atoms with van der Waals surface area (Å²) in [6, 6.07) is 24.5. The molecule has 0 nitrogen and oxygen atoms in total. The molecule has 24 heavy (non-hydrogen) atoms. The molecule has 0 bridgehead atoms. The fourth-order valence-electron chi connectivity index (χ4n) is 3.53. The van der Waals surface area contributed by atoms with E-state index in [0.29, 0.717) is 0 Å². The van der Waals surface area contributed by atoms with E-state index in [-0.39, 0.29) is 35.9 Å². The molecule has 0 fully saturated rings. The van der Waals surface area contributed by atoms with Gasteiger partial charge in [-0.25, -0.2) is 0 Å². The minimum absolute atomic E-state index is 0. The molecule has 4 aromatic rings. The number of rotatable bonds is 1. The second kappa shape index (κ2) is 7.17. The van der Waals surface area contributed by atoms with E-state index in [2.05, 4.69) is 77.5 Å². The molecule has 1 atom stereocenters. The number of hydrogen-bond acceptors (Lipinski definition) is 2. The van der Waals surface area contributed by atoms with Crippen LogP contribution in [0.15, 0.2) is 77.5 Å². The van der Waals surface area contributed by atoms with Crippen molar-refractivity contribution in [3.8, 4) is 11.1 Å². The van der Waals surface area contributed by atoms with Gasteiger partial charge in [-0.05, 0) is 29.1 Å². The van der Waals surface area contributed by atoms with Gasteiger partial charge in [-0.3, -0.25) is 0 Å². The molecule has 0 N–H and O–H groups in total. The van der Waals surface area contributed by atoms with Gasteiger partial charge in [-0.2, -0.15) is 0 Å². The van der Waals surface area contributed by atoms with Crippen molar-refractivity contribution in [2.24, 2.45) is 0 Å². The van der Waals surface area contributed by atoms with Crippen LogP contribution >= 0.6 is 19.3 Å². The van der Waals surface area contributed by atoms with E-state index in [1.165, 1.54) is 32.5 Å². The normalized spacial score (nSPS) is 14.4. The molecule has 3 aromatic carbocycles. The quantitative estimate of drug-likeness (QED) is 0.132. The van der Waals surface area contributed by atoms with Gasteiger partial charge in [0.05, 0.1) is 0 Å². The molecule has 1 aromatic heterocycles. The number of thiol groups is 1. The van der Waals surface area contributed by atoms with Crippen molar-refractivity contribution in [3.63, 3.8) is 0 Å². The molecule has 5 rings (SSSR count). The summed E-state index contributed by atoms with van der Waals surface area (Å²) in [5, 5.41) is 12.1. The topological polar surface area (TPSA) is 0 Å². The average molecular weight is 547 g/mol. The summed E-state index contributed by atoms with van der Waals surface area (Å²) >= 11 is 1.83. The van der Waals surface area contributed by atoms with E-state index in [1.54, 1.807) is 5.30 Å². The molecule has 0 amide bonds. The Morgan fingerprint density at radius 1 is 0.667 bits per heavy atom. The Morgan fingerprint density at radius 2 is 1.42 bits per heavy atom. The standard InChI is InChI=1S/C20H13PS.Au.H2S/c1-2-8-15(9-3-1)21-18-11-5-7-14-6-4-10-16(20(14)18)17-12-22-13-19(17)21;;/h1-13H;;1H2/q;+1;. The van der Waals surface area contributed by atoms with E-state index in [1.807, 2.05) is 11.3 Å². The van der Waals surface area contributed by atoms with E-state index in [4.69, 9.17) is 0 Å². The summed E-state index contributed by atoms with van der Waals surface area (Å²) in [7, 11) is -0.891. The molecule has 0 radical (unpaired) electrons. The zero-order valence-electron chi connectivity index (χ0n) is 12.7. The minimum Gasteiger partial charge on any atom is -0.813 e. The summed E-state index contributed by atoms with van der Waals surface area (Å²) in [4.78, 5) is 0. The van der Waals surface area contributed by atoms with Crippen molar-refractivity contribution in [1.82, 2.24) is 0 Å². The van der Waals surface area contributed by atoms with Crippen LogP contribution in [0.4, 0.5) is 0 Å². The predicted molar refractivity (Wildman–Crippen MR) is 110 cm³/mol. The van der Waals surface area contributed by atoms with Gasteiger partial charge in [0.1, 0.15) is 23.8 Å². The van der Waals surface area contributed by atoms with Crippen LogP contribution in [-0.4, -0.2) is 0 Å². The molecule has 0 aliphatic carbocycles. The van der Waals surface area contributed by atoms with Crippen molar-refractivity contribution >= 4 is 59.4 Å². The zero-order chi connectivity index (χ0) is 14.5. The van der Waals surface area contributed by atoms with Gasteiger partial charge in [-0.15, -0.1) is 11.3 Å². The Kier molecular flexibility index (Phi) is 5.36. The SMILES string of the molecule is [Au+].[SH-].c1ccc([PH+]2c3cscc3-c3cccc4cccc2c34)cc1. The zero-order valence-corrected chi connectivity index (χ0v) is 17.5. The van der Waals surface area contributed by atoms with E-state index < -0.39 is 7.92 Å². The van der Waals surface area contributed by atoms with Crippen molar-refractivity contribution in [2.45, 2.75) is 0 Å². The second-order valence-electron chi connectivity index (χ2n) is 5.65. The molecule has 122 valence electrons. The molecule has 0 saturated heterocycles. The largest absolute Gasteiger partial charge is 1.00 e. The van der Waals surface area contributed by atoms with Crippen molar-refractivity contribution < 1.29 is 22.4 Å². The molecule has 1 aliphatic rings. The van der Waals surface area contributed by atoms with Gasteiger partial charge >= 0.3 is 22.4 Å². The maximum absolute atomic E-state index is 2.37. The average Bonchev–Trinajstić information content (AvgIpc) is 3.06. The van der Waals surface area contributed by atoms with E-state index in [0.717, 1.165) is 0 Å². The number of fused-ring (bicyclic) bond motifs is 2. The van der Waals surface area contributed by atoms with Gasteiger partial charge in [0.15, 0.2) is 0 Å². The van der Waals surface area contributed by atoms with Gasteiger partial charge < -0.3 is 13.5 Å². The summed E-state index contributed by atoms with van der Waals surface area (Å²) < 4.78 is 0. The summed E-state index contributed by atoms with van der Waals surface area (Å²) in [5.41, 5.74) is 2.86. The Hall–Kier alpha value is -0.860. The third-order valence-corrected chi connectivity index (χ3v) is 8.23. The Balaban J connectivity index is 0.000000845. The molecule has 0 saturated carbocycles. The molecule has 2 heterocycles. The first-order valence-corrected chi connectivity index (χ1v) is 9.89. The monoisotopic (exact) mass is 547 g/mol. The minimum atomic E-state index is -0.891. The number of benzene rings is 3. The second-order valence-corrected chi connectivity index (χ2v) is 8.80. The molecular weight excluding hydrogens is 532 g/mol. The summed E-state index contributed by atoms with van der Waals surface area (Å²) in [6.45, 7) is 0. The van der Waals surface area contributed by atoms with Gasteiger partial charge in [0.25, 0.3) is 0 Å². The first-order valence-electron chi connectivity index (χ1n) is 7.45. The molecular formula is C20H15AuPS2+. The van der Waals surface area contributed by atoms with Crippen LogP contribution in [0.3, 0.4) is 0 Å². The molecule has 1 unspecified atom stereocenters. The first-order chi connectivity index (χ1) is 10.9. The van der Waals surface area contributed by atoms with Gasteiger partial charge in [0.2, 0.25) is 0 Å². The van der Waals surface area contributed by atoms with Crippen LogP contribution in [0.25, 0.3) is 21.9 Å². The Labute approximate surface area is 169 Å². The molecule has 1 aliphatic heterocycles. The van der Waals surface area contributed by atoms with Crippen molar-refractivity contribution in [3.05, 3.63) is 77.5 Å². The van der Waals surface area contributed by atoms with Crippen LogP contribution < -0.4 is 15.9 Å². The summed E-state index contributed by atoms with van der Waals surface area (Å²) in [6.07, 6.45) is 0. The van der Waals surface area contributed by atoms with Gasteiger partial charge in [0, 0.05) is 21.7 Å². The third-order valence-electron chi connectivity index (χ3n) is 4.46. The van der Waals surface area contributed by atoms with Crippen LogP contribution in [0.2, 0.25) is 0 Å². The van der Waals surface area contributed by atoms with E-state index in [9.17, 15) is 0 Å². The van der Waals surface area contributed by atoms with Gasteiger partial charge in [-0.1, -0.05) is 48.5 Å². The predicted octanol–water partition coefficient (Wildman–Crippen LogP) is 4.10. The number of hydrogen-bond donors (Lipinski definition) is 0. The van der Waals surface area contributed by atoms with Crippen LogP contribution in [0, 0.1) is 0 Å². The fourth-order valence-corrected chi connectivity index (χ4v) is 7.74. The molecule has 4 heteroatoms. The van der Waals surface area contributed by atoms with Crippen LogP contribution in [-0.2, 0) is 35.9 Å². The summed E-state index contributed by atoms with van der Waals surface area (Å²) in [5.74, 6) is 0. The van der Waals surface area contributed by atoms with Crippen LogP contribution in [0.5, 0.6) is 0 Å². The van der Waals surface area contributed by atoms with E-state index >= 15 is 0 Å². The maximum atomic E-state index is 2.37. The smallest absolute Gasteiger partial charge is 0.813 e. The van der Waals surface area contributed by atoms with Crippen molar-refractivity contribution in [1.29, 1.82) is 0 Å². The Morgan fingerprint density at radius 3 is 2.21 bits per heavy atom. The first kappa shape index (κ1) is 17.9.